The molecule has 3 heteroatoms. The minimum absolute atomic E-state index is 0.0925. The summed E-state index contributed by atoms with van der Waals surface area (Å²) in [5, 5.41) is 0.816. The molecule has 0 atom stereocenters. The number of aromatic amines is 1. The molecule has 1 aromatic heterocycles. The average molecular weight is 256 g/mol. The Labute approximate surface area is 111 Å². The van der Waals surface area contributed by atoms with E-state index in [1.165, 1.54) is 11.3 Å². The van der Waals surface area contributed by atoms with Gasteiger partial charge >= 0.3 is 0 Å². The lowest BCUT2D eigenvalue weighted by Crippen LogP contribution is -2.36. The van der Waals surface area contributed by atoms with E-state index in [2.05, 4.69) is 16.5 Å². The van der Waals surface area contributed by atoms with Gasteiger partial charge in [-0.15, -0.1) is 0 Å². The van der Waals surface area contributed by atoms with E-state index in [-0.39, 0.29) is 11.2 Å². The monoisotopic (exact) mass is 256 g/mol. The van der Waals surface area contributed by atoms with Gasteiger partial charge in [0.15, 0.2) is 0 Å². The predicted octanol–water partition coefficient (Wildman–Crippen LogP) is 3.69. The van der Waals surface area contributed by atoms with Crippen LogP contribution in [0.4, 0.5) is 4.39 Å². The molecule has 4 rings (SSSR count). The molecule has 0 unspecified atom stereocenters. The van der Waals surface area contributed by atoms with Crippen molar-refractivity contribution in [1.29, 1.82) is 0 Å². The molecule has 2 nitrogen and oxygen atoms in total. The first-order chi connectivity index (χ1) is 9.11. The smallest absolute Gasteiger partial charge is 0.132 e. The summed E-state index contributed by atoms with van der Waals surface area (Å²) in [7, 11) is 0. The molecule has 0 bridgehead atoms. The maximum atomic E-state index is 14.2. The van der Waals surface area contributed by atoms with Crippen molar-refractivity contribution in [1.82, 2.24) is 9.88 Å². The number of fused-ring (bicyclic) bond motifs is 4. The minimum atomic E-state index is -0.0925. The summed E-state index contributed by atoms with van der Waals surface area (Å²) in [5.41, 5.74) is 4.59. The third-order valence-corrected chi connectivity index (χ3v) is 4.62. The highest BCUT2D eigenvalue weighted by atomic mass is 19.1. The zero-order valence-electron chi connectivity index (χ0n) is 11.1. The van der Waals surface area contributed by atoms with Gasteiger partial charge in [-0.1, -0.05) is 12.6 Å². The zero-order chi connectivity index (χ0) is 13.2. The Hall–Kier alpha value is -1.77. The first-order valence-corrected chi connectivity index (χ1v) is 6.81. The summed E-state index contributed by atoms with van der Waals surface area (Å²) in [5.74, 6) is -0.0925. The van der Waals surface area contributed by atoms with Crippen molar-refractivity contribution in [3.63, 3.8) is 0 Å². The third kappa shape index (κ3) is 1.41. The lowest BCUT2D eigenvalue weighted by molar-refractivity contribution is 0.279. The van der Waals surface area contributed by atoms with Gasteiger partial charge in [0.1, 0.15) is 5.82 Å². The van der Waals surface area contributed by atoms with E-state index in [1.807, 2.05) is 13.0 Å². The largest absolute Gasteiger partial charge is 0.369 e. The summed E-state index contributed by atoms with van der Waals surface area (Å²) < 4.78 is 14.2. The van der Waals surface area contributed by atoms with Gasteiger partial charge in [0.2, 0.25) is 0 Å². The fourth-order valence-corrected chi connectivity index (χ4v) is 3.48. The fourth-order valence-electron chi connectivity index (χ4n) is 3.48. The van der Waals surface area contributed by atoms with Crippen LogP contribution in [0.5, 0.6) is 0 Å². The first kappa shape index (κ1) is 11.1. The van der Waals surface area contributed by atoms with Gasteiger partial charge in [-0.3, -0.25) is 0 Å². The molecule has 1 spiro atoms. The number of rotatable bonds is 1. The first-order valence-electron chi connectivity index (χ1n) is 6.81. The van der Waals surface area contributed by atoms with Crippen LogP contribution in [0.25, 0.3) is 10.9 Å². The highest BCUT2D eigenvalue weighted by Crippen LogP contribution is 2.55. The van der Waals surface area contributed by atoms with Gasteiger partial charge in [-0.25, -0.2) is 4.39 Å². The Kier molecular flexibility index (Phi) is 1.99. The Morgan fingerprint density at radius 3 is 2.89 bits per heavy atom. The van der Waals surface area contributed by atoms with Crippen LogP contribution in [-0.2, 0) is 12.0 Å². The highest BCUT2D eigenvalue weighted by Gasteiger charge is 2.51. The van der Waals surface area contributed by atoms with Crippen molar-refractivity contribution in [2.75, 3.05) is 6.54 Å². The average Bonchev–Trinajstić information content (AvgIpc) is 3.00. The van der Waals surface area contributed by atoms with Crippen LogP contribution >= 0.6 is 0 Å². The number of H-pyrrole nitrogens is 1. The van der Waals surface area contributed by atoms with Crippen LogP contribution < -0.4 is 0 Å². The van der Waals surface area contributed by atoms with Crippen molar-refractivity contribution in [3.8, 4) is 0 Å². The summed E-state index contributed by atoms with van der Waals surface area (Å²) in [6.45, 7) is 7.90. The number of benzene rings is 1. The predicted molar refractivity (Wildman–Crippen MR) is 74.4 cm³/mol. The molecule has 1 fully saturated rings. The number of hydrogen-bond donors (Lipinski definition) is 1. The highest BCUT2D eigenvalue weighted by molar-refractivity contribution is 5.87. The van der Waals surface area contributed by atoms with Crippen LogP contribution in [0, 0.1) is 5.82 Å². The molecule has 2 aliphatic rings. The van der Waals surface area contributed by atoms with Crippen molar-refractivity contribution in [2.24, 2.45) is 0 Å². The van der Waals surface area contributed by atoms with E-state index >= 15 is 0 Å². The summed E-state index contributed by atoms with van der Waals surface area (Å²) in [6, 6.07) is 5.31. The molecule has 2 heterocycles. The Morgan fingerprint density at radius 2 is 2.21 bits per heavy atom. The van der Waals surface area contributed by atoms with E-state index in [0.29, 0.717) is 0 Å². The number of hydrogen-bond acceptors (Lipinski definition) is 1. The SMILES string of the molecule is C=C(C)N1Cc2[nH]c3cccc(F)c3c2C2(CC2)C1. The lowest BCUT2D eigenvalue weighted by atomic mass is 9.88. The Balaban J connectivity index is 1.98. The van der Waals surface area contributed by atoms with Crippen LogP contribution in [0.3, 0.4) is 0 Å². The van der Waals surface area contributed by atoms with E-state index in [9.17, 15) is 4.39 Å². The number of aromatic nitrogens is 1. The minimum Gasteiger partial charge on any atom is -0.369 e. The molecule has 2 aromatic rings. The molecule has 19 heavy (non-hydrogen) atoms. The molecule has 98 valence electrons. The standard InChI is InChI=1S/C16H17FN2/c1-10(2)19-8-13-15(16(9-19)6-7-16)14-11(17)4-3-5-12(14)18-13/h3-5,18H,1,6-9H2,2H3. The van der Waals surface area contributed by atoms with Crippen molar-refractivity contribution >= 4 is 10.9 Å². The van der Waals surface area contributed by atoms with Crippen LogP contribution in [-0.4, -0.2) is 16.4 Å². The van der Waals surface area contributed by atoms with Gasteiger partial charge in [0.25, 0.3) is 0 Å². The van der Waals surface area contributed by atoms with E-state index in [0.717, 1.165) is 42.5 Å². The molecule has 1 aliphatic carbocycles. The van der Waals surface area contributed by atoms with Crippen molar-refractivity contribution in [2.45, 2.75) is 31.7 Å². The van der Waals surface area contributed by atoms with Crippen LogP contribution in [0.1, 0.15) is 31.0 Å². The molecule has 0 amide bonds. The molecule has 1 aliphatic heterocycles. The molecule has 0 saturated heterocycles. The number of nitrogens with zero attached hydrogens (tertiary/aromatic N) is 1. The Bertz CT molecular complexity index is 694. The number of allylic oxidation sites excluding steroid dienone is 1. The van der Waals surface area contributed by atoms with E-state index in [1.54, 1.807) is 12.1 Å². The van der Waals surface area contributed by atoms with Crippen LogP contribution in [0.2, 0.25) is 0 Å². The van der Waals surface area contributed by atoms with Gasteiger partial charge < -0.3 is 9.88 Å². The molecular formula is C16H17FN2. The van der Waals surface area contributed by atoms with Gasteiger partial charge in [0.05, 0.1) is 6.54 Å². The summed E-state index contributed by atoms with van der Waals surface area (Å²) in [4.78, 5) is 5.72. The zero-order valence-corrected chi connectivity index (χ0v) is 11.1. The van der Waals surface area contributed by atoms with Gasteiger partial charge in [-0.05, 0) is 37.5 Å². The maximum Gasteiger partial charge on any atom is 0.132 e. The van der Waals surface area contributed by atoms with Crippen molar-refractivity contribution < 1.29 is 4.39 Å². The van der Waals surface area contributed by atoms with Gasteiger partial charge in [-0.2, -0.15) is 0 Å². The van der Waals surface area contributed by atoms with Crippen LogP contribution in [0.15, 0.2) is 30.5 Å². The molecular weight excluding hydrogens is 239 g/mol. The lowest BCUT2D eigenvalue weighted by Gasteiger charge is -2.35. The third-order valence-electron chi connectivity index (χ3n) is 4.62. The second kappa shape index (κ2) is 3.41. The molecule has 0 radical (unpaired) electrons. The maximum absolute atomic E-state index is 14.2. The summed E-state index contributed by atoms with van der Waals surface area (Å²) in [6.07, 6.45) is 2.32. The quantitative estimate of drug-likeness (QED) is 0.824. The summed E-state index contributed by atoms with van der Waals surface area (Å²) >= 11 is 0. The van der Waals surface area contributed by atoms with Gasteiger partial charge in [0, 0.05) is 34.3 Å². The van der Waals surface area contributed by atoms with E-state index < -0.39 is 0 Å². The molecule has 1 saturated carbocycles. The Morgan fingerprint density at radius 1 is 1.42 bits per heavy atom. The number of nitrogens with one attached hydrogen (secondary N) is 1. The van der Waals surface area contributed by atoms with Crippen molar-refractivity contribution in [3.05, 3.63) is 47.5 Å². The second-order valence-electron chi connectivity index (χ2n) is 6.01. The van der Waals surface area contributed by atoms with E-state index in [4.69, 9.17) is 0 Å². The second-order valence-corrected chi connectivity index (χ2v) is 6.01. The topological polar surface area (TPSA) is 19.0 Å². The molecule has 1 N–H and O–H groups in total. The number of halogens is 1. The fraction of sp³-hybridized carbons (Fsp3) is 0.375. The molecule has 1 aromatic carbocycles. The normalized spacial score (nSPS) is 19.8.